The molecule has 106 valence electrons. The van der Waals surface area contributed by atoms with Crippen molar-refractivity contribution in [2.24, 2.45) is 11.7 Å². The standard InChI is InChI=1S/C12H23N3O2.ClH/c1-9(2)11(13)12(17)15-6-4-5-14(7-8-15)10(3)16;/h9,11H,4-8,13H2,1-3H3;1H/t11-;/m1./s1. The van der Waals surface area contributed by atoms with Gasteiger partial charge in [-0.25, -0.2) is 0 Å². The summed E-state index contributed by atoms with van der Waals surface area (Å²) in [5.41, 5.74) is 5.86. The summed E-state index contributed by atoms with van der Waals surface area (Å²) in [6.45, 7) is 8.10. The lowest BCUT2D eigenvalue weighted by atomic mass is 10.0. The normalized spacial score (nSPS) is 18.1. The van der Waals surface area contributed by atoms with Gasteiger partial charge in [0.05, 0.1) is 6.04 Å². The Balaban J connectivity index is 0.00000289. The van der Waals surface area contributed by atoms with Crippen molar-refractivity contribution in [1.82, 2.24) is 9.80 Å². The van der Waals surface area contributed by atoms with E-state index in [1.807, 2.05) is 13.8 Å². The number of rotatable bonds is 2. The maximum Gasteiger partial charge on any atom is 0.239 e. The predicted octanol–water partition coefficient (Wildman–Crippen LogP) is 0.472. The van der Waals surface area contributed by atoms with Crippen LogP contribution in [0.2, 0.25) is 0 Å². The first kappa shape index (κ1) is 17.2. The van der Waals surface area contributed by atoms with Crippen molar-refractivity contribution in [3.8, 4) is 0 Å². The first-order chi connectivity index (χ1) is 7.93. The maximum atomic E-state index is 12.1. The molecule has 2 amide bonds. The number of carbonyl (C=O) groups excluding carboxylic acids is 2. The van der Waals surface area contributed by atoms with Crippen LogP contribution in [0.15, 0.2) is 0 Å². The van der Waals surface area contributed by atoms with Crippen LogP contribution in [-0.2, 0) is 9.59 Å². The van der Waals surface area contributed by atoms with E-state index in [1.54, 1.807) is 16.7 Å². The van der Waals surface area contributed by atoms with Crippen molar-refractivity contribution >= 4 is 24.2 Å². The van der Waals surface area contributed by atoms with Crippen molar-refractivity contribution < 1.29 is 9.59 Å². The number of nitrogens with zero attached hydrogens (tertiary/aromatic N) is 2. The molecule has 1 rings (SSSR count). The zero-order valence-electron chi connectivity index (χ0n) is 11.4. The summed E-state index contributed by atoms with van der Waals surface area (Å²) in [5, 5.41) is 0. The highest BCUT2D eigenvalue weighted by Crippen LogP contribution is 2.08. The van der Waals surface area contributed by atoms with Gasteiger partial charge in [-0.05, 0) is 12.3 Å². The monoisotopic (exact) mass is 277 g/mol. The molecule has 0 spiro atoms. The molecule has 1 saturated heterocycles. The topological polar surface area (TPSA) is 66.6 Å². The van der Waals surface area contributed by atoms with Gasteiger partial charge in [0, 0.05) is 33.1 Å². The Morgan fingerprint density at radius 3 is 2.06 bits per heavy atom. The molecule has 2 N–H and O–H groups in total. The van der Waals surface area contributed by atoms with Gasteiger partial charge >= 0.3 is 0 Å². The van der Waals surface area contributed by atoms with E-state index in [0.29, 0.717) is 19.6 Å². The summed E-state index contributed by atoms with van der Waals surface area (Å²) < 4.78 is 0. The number of carbonyl (C=O) groups is 2. The van der Waals surface area contributed by atoms with E-state index < -0.39 is 6.04 Å². The molecule has 6 heteroatoms. The quantitative estimate of drug-likeness (QED) is 0.798. The first-order valence-electron chi connectivity index (χ1n) is 6.23. The minimum atomic E-state index is -0.432. The molecule has 18 heavy (non-hydrogen) atoms. The molecule has 0 aliphatic carbocycles. The van der Waals surface area contributed by atoms with Crippen LogP contribution in [0.25, 0.3) is 0 Å². The van der Waals surface area contributed by atoms with Gasteiger partial charge in [-0.1, -0.05) is 13.8 Å². The minimum Gasteiger partial charge on any atom is -0.341 e. The number of amides is 2. The summed E-state index contributed by atoms with van der Waals surface area (Å²) >= 11 is 0. The molecule has 0 aromatic heterocycles. The van der Waals surface area contributed by atoms with Crippen molar-refractivity contribution in [3.63, 3.8) is 0 Å². The van der Waals surface area contributed by atoms with Crippen LogP contribution in [0.4, 0.5) is 0 Å². The molecular formula is C12H24ClN3O2. The highest BCUT2D eigenvalue weighted by molar-refractivity contribution is 5.85. The fourth-order valence-electron chi connectivity index (χ4n) is 1.95. The molecule has 1 heterocycles. The average Bonchev–Trinajstić information content (AvgIpc) is 2.52. The van der Waals surface area contributed by atoms with E-state index >= 15 is 0 Å². The Labute approximate surface area is 115 Å². The van der Waals surface area contributed by atoms with Gasteiger partial charge in [-0.15, -0.1) is 12.4 Å². The van der Waals surface area contributed by atoms with E-state index in [-0.39, 0.29) is 30.1 Å². The van der Waals surface area contributed by atoms with Crippen molar-refractivity contribution in [2.75, 3.05) is 26.2 Å². The SMILES string of the molecule is CC(=O)N1CCCN(C(=O)[C@H](N)C(C)C)CC1.Cl. The summed E-state index contributed by atoms with van der Waals surface area (Å²) in [5.74, 6) is 0.229. The van der Waals surface area contributed by atoms with Crippen LogP contribution in [0, 0.1) is 5.92 Å². The molecule has 5 nitrogen and oxygen atoms in total. The fraction of sp³-hybridized carbons (Fsp3) is 0.833. The zero-order chi connectivity index (χ0) is 13.0. The van der Waals surface area contributed by atoms with Gasteiger partial charge in [0.1, 0.15) is 0 Å². The summed E-state index contributed by atoms with van der Waals surface area (Å²) in [4.78, 5) is 26.9. The van der Waals surface area contributed by atoms with Crippen LogP contribution >= 0.6 is 12.4 Å². The molecule has 0 radical (unpaired) electrons. The lowest BCUT2D eigenvalue weighted by molar-refractivity contribution is -0.134. The van der Waals surface area contributed by atoms with Gasteiger partial charge < -0.3 is 15.5 Å². The van der Waals surface area contributed by atoms with Crippen LogP contribution in [0.3, 0.4) is 0 Å². The second kappa shape index (κ2) is 7.59. The third-order valence-corrected chi connectivity index (χ3v) is 3.26. The summed E-state index contributed by atoms with van der Waals surface area (Å²) in [6.07, 6.45) is 0.829. The number of hydrogen-bond acceptors (Lipinski definition) is 3. The molecule has 0 saturated carbocycles. The molecule has 1 aliphatic rings. The first-order valence-corrected chi connectivity index (χ1v) is 6.23. The predicted molar refractivity (Wildman–Crippen MR) is 73.5 cm³/mol. The van der Waals surface area contributed by atoms with E-state index in [9.17, 15) is 9.59 Å². The zero-order valence-corrected chi connectivity index (χ0v) is 12.2. The molecule has 1 fully saturated rings. The Morgan fingerprint density at radius 2 is 1.56 bits per heavy atom. The van der Waals surface area contributed by atoms with Crippen LogP contribution < -0.4 is 5.73 Å². The Hall–Kier alpha value is -0.810. The van der Waals surface area contributed by atoms with Gasteiger partial charge in [-0.3, -0.25) is 9.59 Å². The van der Waals surface area contributed by atoms with Gasteiger partial charge in [0.25, 0.3) is 0 Å². The fourth-order valence-corrected chi connectivity index (χ4v) is 1.95. The smallest absolute Gasteiger partial charge is 0.239 e. The van der Waals surface area contributed by atoms with E-state index in [2.05, 4.69) is 0 Å². The molecular weight excluding hydrogens is 254 g/mol. The second-order valence-electron chi connectivity index (χ2n) is 4.95. The largest absolute Gasteiger partial charge is 0.341 e. The highest BCUT2D eigenvalue weighted by atomic mass is 35.5. The third kappa shape index (κ3) is 4.46. The second-order valence-corrected chi connectivity index (χ2v) is 4.95. The van der Waals surface area contributed by atoms with E-state index in [0.717, 1.165) is 13.0 Å². The Kier molecular flexibility index (Phi) is 7.25. The molecule has 1 atom stereocenters. The third-order valence-electron chi connectivity index (χ3n) is 3.26. The summed E-state index contributed by atoms with van der Waals surface area (Å²) in [6, 6.07) is -0.432. The molecule has 0 aromatic rings. The van der Waals surface area contributed by atoms with Crippen molar-refractivity contribution in [3.05, 3.63) is 0 Å². The number of nitrogens with two attached hydrogens (primary N) is 1. The number of halogens is 1. The van der Waals surface area contributed by atoms with E-state index in [4.69, 9.17) is 5.73 Å². The average molecular weight is 278 g/mol. The number of hydrogen-bond donors (Lipinski definition) is 1. The van der Waals surface area contributed by atoms with Crippen molar-refractivity contribution in [2.45, 2.75) is 33.2 Å². The van der Waals surface area contributed by atoms with Crippen LogP contribution in [0.1, 0.15) is 27.2 Å². The van der Waals surface area contributed by atoms with Crippen molar-refractivity contribution in [1.29, 1.82) is 0 Å². The molecule has 0 aromatic carbocycles. The van der Waals surface area contributed by atoms with Gasteiger partial charge in [0.15, 0.2) is 0 Å². The van der Waals surface area contributed by atoms with Gasteiger partial charge in [-0.2, -0.15) is 0 Å². The van der Waals surface area contributed by atoms with Gasteiger partial charge in [0.2, 0.25) is 11.8 Å². The maximum absolute atomic E-state index is 12.1. The minimum absolute atomic E-state index is 0. The molecule has 1 aliphatic heterocycles. The van der Waals surface area contributed by atoms with E-state index in [1.165, 1.54) is 0 Å². The Morgan fingerprint density at radius 1 is 1.06 bits per heavy atom. The lowest BCUT2D eigenvalue weighted by Gasteiger charge is -2.26. The lowest BCUT2D eigenvalue weighted by Crippen LogP contribution is -2.47. The summed E-state index contributed by atoms with van der Waals surface area (Å²) in [7, 11) is 0. The van der Waals surface area contributed by atoms with Crippen LogP contribution in [0.5, 0.6) is 0 Å². The van der Waals surface area contributed by atoms with Crippen LogP contribution in [-0.4, -0.2) is 53.8 Å². The molecule has 0 bridgehead atoms. The molecule has 0 unspecified atom stereocenters. The Bertz CT molecular complexity index is 297. The highest BCUT2D eigenvalue weighted by Gasteiger charge is 2.25.